The Labute approximate surface area is 152 Å². The third-order valence-corrected chi connectivity index (χ3v) is 4.31. The third kappa shape index (κ3) is 3.62. The second-order valence-electron chi connectivity index (χ2n) is 5.91. The van der Waals surface area contributed by atoms with Crippen LogP contribution in [-0.4, -0.2) is 67.3 Å². The number of aromatic nitrogens is 2. The van der Waals surface area contributed by atoms with Gasteiger partial charge in [0.2, 0.25) is 5.95 Å². The minimum absolute atomic E-state index is 0.0778. The predicted octanol–water partition coefficient (Wildman–Crippen LogP) is 1.44. The maximum Gasteiger partial charge on any atom is 0.471 e. The van der Waals surface area contributed by atoms with E-state index in [2.05, 4.69) is 9.97 Å². The molecule has 0 aliphatic carbocycles. The first kappa shape index (κ1) is 18.8. The number of amides is 1. The van der Waals surface area contributed by atoms with Crippen molar-refractivity contribution in [3.8, 4) is 11.5 Å². The fourth-order valence-corrected chi connectivity index (χ4v) is 2.90. The molecule has 2 N–H and O–H groups in total. The summed E-state index contributed by atoms with van der Waals surface area (Å²) in [4.78, 5) is 22.5. The Morgan fingerprint density at radius 2 is 1.67 bits per heavy atom. The van der Waals surface area contributed by atoms with Gasteiger partial charge < -0.3 is 25.0 Å². The van der Waals surface area contributed by atoms with Crippen molar-refractivity contribution in [2.75, 3.05) is 51.0 Å². The van der Waals surface area contributed by atoms with Gasteiger partial charge in [-0.2, -0.15) is 18.2 Å². The number of halogens is 3. The zero-order valence-corrected chi connectivity index (χ0v) is 14.7. The highest BCUT2D eigenvalue weighted by Crippen LogP contribution is 2.34. The number of piperazine rings is 1. The number of carbonyl (C=O) groups excluding carboxylic acids is 1. The van der Waals surface area contributed by atoms with Gasteiger partial charge in [0.05, 0.1) is 19.7 Å². The van der Waals surface area contributed by atoms with Crippen LogP contribution in [0.4, 0.5) is 24.9 Å². The summed E-state index contributed by atoms with van der Waals surface area (Å²) in [5.41, 5.74) is 6.54. The third-order valence-electron chi connectivity index (χ3n) is 4.31. The molecule has 0 atom stereocenters. The molecular formula is C16H18F3N5O3. The Bertz CT molecular complexity index is 866. The lowest BCUT2D eigenvalue weighted by atomic mass is 10.2. The number of anilines is 2. The number of fused-ring (bicyclic) bond motifs is 1. The summed E-state index contributed by atoms with van der Waals surface area (Å²) in [6.07, 6.45) is -4.87. The summed E-state index contributed by atoms with van der Waals surface area (Å²) in [6.45, 7) is 0.178. The number of carbonyl (C=O) groups is 1. The maximum absolute atomic E-state index is 12.5. The van der Waals surface area contributed by atoms with Crippen molar-refractivity contribution in [3.05, 3.63) is 12.1 Å². The molecule has 0 spiro atoms. The summed E-state index contributed by atoms with van der Waals surface area (Å²) in [7, 11) is 2.99. The van der Waals surface area contributed by atoms with Crippen molar-refractivity contribution in [1.29, 1.82) is 0 Å². The molecule has 0 bridgehead atoms. The van der Waals surface area contributed by atoms with Gasteiger partial charge in [0.1, 0.15) is 5.82 Å². The number of ether oxygens (including phenoxy) is 2. The molecule has 2 aromatic rings. The van der Waals surface area contributed by atoms with Crippen LogP contribution in [0.2, 0.25) is 0 Å². The van der Waals surface area contributed by atoms with Crippen molar-refractivity contribution in [2.24, 2.45) is 0 Å². The van der Waals surface area contributed by atoms with Gasteiger partial charge in [-0.25, -0.2) is 4.98 Å². The molecule has 1 fully saturated rings. The van der Waals surface area contributed by atoms with E-state index in [1.165, 1.54) is 14.2 Å². The number of hydrogen-bond donors (Lipinski definition) is 1. The monoisotopic (exact) mass is 385 g/mol. The number of hydrogen-bond acceptors (Lipinski definition) is 7. The highest BCUT2D eigenvalue weighted by atomic mass is 19.4. The van der Waals surface area contributed by atoms with Crippen LogP contribution in [0.1, 0.15) is 0 Å². The largest absolute Gasteiger partial charge is 0.493 e. The van der Waals surface area contributed by atoms with Crippen molar-refractivity contribution in [1.82, 2.24) is 14.9 Å². The molecule has 1 aromatic heterocycles. The molecule has 0 unspecified atom stereocenters. The summed E-state index contributed by atoms with van der Waals surface area (Å²) < 4.78 is 48.1. The van der Waals surface area contributed by atoms with Gasteiger partial charge in [-0.15, -0.1) is 0 Å². The number of nitrogens with two attached hydrogens (primary N) is 1. The van der Waals surface area contributed by atoms with E-state index in [-0.39, 0.29) is 37.9 Å². The number of methoxy groups -OCH3 is 2. The van der Waals surface area contributed by atoms with Crippen molar-refractivity contribution >= 4 is 28.6 Å². The molecule has 146 valence electrons. The number of nitrogen functional groups attached to an aromatic ring is 1. The van der Waals surface area contributed by atoms with E-state index in [0.717, 1.165) is 4.90 Å². The van der Waals surface area contributed by atoms with Gasteiger partial charge in [0.15, 0.2) is 11.5 Å². The summed E-state index contributed by atoms with van der Waals surface area (Å²) in [5.74, 6) is -0.393. The topological polar surface area (TPSA) is 93.8 Å². The first-order valence-corrected chi connectivity index (χ1v) is 8.05. The molecule has 0 radical (unpaired) electrons. The van der Waals surface area contributed by atoms with E-state index >= 15 is 0 Å². The molecule has 3 rings (SSSR count). The molecule has 11 heteroatoms. The second-order valence-corrected chi connectivity index (χ2v) is 5.91. The number of rotatable bonds is 3. The normalized spacial score (nSPS) is 15.1. The van der Waals surface area contributed by atoms with E-state index in [1.807, 2.05) is 0 Å². The van der Waals surface area contributed by atoms with Crippen LogP contribution >= 0.6 is 0 Å². The highest BCUT2D eigenvalue weighted by molar-refractivity contribution is 5.91. The lowest BCUT2D eigenvalue weighted by molar-refractivity contribution is -0.185. The Hall–Kier alpha value is -2.98. The summed E-state index contributed by atoms with van der Waals surface area (Å²) in [6, 6.07) is 3.31. The highest BCUT2D eigenvalue weighted by Gasteiger charge is 2.43. The van der Waals surface area contributed by atoms with Crippen LogP contribution in [0.3, 0.4) is 0 Å². The average Bonchev–Trinajstić information content (AvgIpc) is 2.65. The van der Waals surface area contributed by atoms with Crippen LogP contribution < -0.4 is 20.1 Å². The molecule has 1 saturated heterocycles. The molecular weight excluding hydrogens is 367 g/mol. The van der Waals surface area contributed by atoms with Crippen molar-refractivity contribution in [2.45, 2.75) is 6.18 Å². The SMILES string of the molecule is COc1cc2nc(N3CCN(C(=O)C(F)(F)F)CC3)nc(N)c2cc1OC. The Kier molecular flexibility index (Phi) is 4.85. The molecule has 1 aromatic carbocycles. The van der Waals surface area contributed by atoms with Crippen LogP contribution in [0.5, 0.6) is 11.5 Å². The number of nitrogens with zero attached hydrogens (tertiary/aromatic N) is 4. The smallest absolute Gasteiger partial charge is 0.471 e. The van der Waals surface area contributed by atoms with Crippen LogP contribution in [-0.2, 0) is 4.79 Å². The molecule has 8 nitrogen and oxygen atoms in total. The van der Waals surface area contributed by atoms with Crippen LogP contribution in [0.25, 0.3) is 10.9 Å². The van der Waals surface area contributed by atoms with E-state index in [9.17, 15) is 18.0 Å². The minimum atomic E-state index is -4.87. The van der Waals surface area contributed by atoms with Gasteiger partial charge in [0, 0.05) is 37.6 Å². The predicted molar refractivity (Wildman–Crippen MR) is 91.9 cm³/mol. The second kappa shape index (κ2) is 6.97. The number of benzene rings is 1. The Balaban J connectivity index is 1.85. The molecule has 2 heterocycles. The maximum atomic E-state index is 12.5. The molecule has 1 aliphatic rings. The van der Waals surface area contributed by atoms with E-state index in [1.54, 1.807) is 17.0 Å². The van der Waals surface area contributed by atoms with Gasteiger partial charge >= 0.3 is 12.1 Å². The molecule has 27 heavy (non-hydrogen) atoms. The van der Waals surface area contributed by atoms with Gasteiger partial charge in [-0.3, -0.25) is 4.79 Å². The van der Waals surface area contributed by atoms with Gasteiger partial charge in [0.25, 0.3) is 0 Å². The van der Waals surface area contributed by atoms with Crippen LogP contribution in [0, 0.1) is 0 Å². The first-order valence-electron chi connectivity index (χ1n) is 8.05. The zero-order chi connectivity index (χ0) is 19.8. The van der Waals surface area contributed by atoms with Crippen molar-refractivity contribution < 1.29 is 27.4 Å². The lowest BCUT2D eigenvalue weighted by Gasteiger charge is -2.35. The fraction of sp³-hybridized carbons (Fsp3) is 0.438. The molecule has 1 aliphatic heterocycles. The Morgan fingerprint density at radius 1 is 1.07 bits per heavy atom. The van der Waals surface area contributed by atoms with Gasteiger partial charge in [-0.1, -0.05) is 0 Å². The van der Waals surface area contributed by atoms with E-state index < -0.39 is 12.1 Å². The quantitative estimate of drug-likeness (QED) is 0.854. The standard InChI is InChI=1S/C16H18F3N5O3/c1-26-11-7-9-10(8-12(11)27-2)21-15(22-13(9)20)24-5-3-23(4-6-24)14(25)16(17,18)19/h7-8H,3-6H2,1-2H3,(H2,20,21,22). The van der Waals surface area contributed by atoms with Gasteiger partial charge in [-0.05, 0) is 6.07 Å². The fourth-order valence-electron chi connectivity index (χ4n) is 2.90. The first-order chi connectivity index (χ1) is 12.7. The minimum Gasteiger partial charge on any atom is -0.493 e. The lowest BCUT2D eigenvalue weighted by Crippen LogP contribution is -2.52. The number of alkyl halides is 3. The Morgan fingerprint density at radius 3 is 2.22 bits per heavy atom. The molecule has 1 amide bonds. The average molecular weight is 385 g/mol. The molecule has 0 saturated carbocycles. The summed E-state index contributed by atoms with van der Waals surface area (Å²) in [5, 5.41) is 0.572. The summed E-state index contributed by atoms with van der Waals surface area (Å²) >= 11 is 0. The van der Waals surface area contributed by atoms with Crippen LogP contribution in [0.15, 0.2) is 12.1 Å². The van der Waals surface area contributed by atoms with E-state index in [0.29, 0.717) is 22.4 Å². The van der Waals surface area contributed by atoms with E-state index in [4.69, 9.17) is 15.2 Å². The van der Waals surface area contributed by atoms with Crippen molar-refractivity contribution in [3.63, 3.8) is 0 Å². The zero-order valence-electron chi connectivity index (χ0n) is 14.7.